The first-order valence-corrected chi connectivity index (χ1v) is 5.08. The van der Waals surface area contributed by atoms with Crippen LogP contribution in [-0.4, -0.2) is 36.6 Å². The second-order valence-electron chi connectivity index (χ2n) is 3.69. The Kier molecular flexibility index (Phi) is 4.31. The molecule has 1 aromatic rings. The molecule has 0 unspecified atom stereocenters. The van der Waals surface area contributed by atoms with E-state index in [1.54, 1.807) is 26.3 Å². The molecule has 88 valence electrons. The lowest BCUT2D eigenvalue weighted by atomic mass is 10.1. The predicted octanol–water partition coefficient (Wildman–Crippen LogP) is 1.21. The van der Waals surface area contributed by atoms with E-state index in [2.05, 4.69) is 0 Å². The molecule has 0 bridgehead atoms. The van der Waals surface area contributed by atoms with Crippen molar-refractivity contribution in [2.45, 2.75) is 13.0 Å². The molecular formula is C12H17NO3. The van der Waals surface area contributed by atoms with Crippen molar-refractivity contribution in [3.63, 3.8) is 0 Å². The van der Waals surface area contributed by atoms with Crippen molar-refractivity contribution in [1.29, 1.82) is 0 Å². The molecule has 1 amide bonds. The zero-order valence-corrected chi connectivity index (χ0v) is 9.80. The van der Waals surface area contributed by atoms with Gasteiger partial charge in [0, 0.05) is 14.0 Å². The summed E-state index contributed by atoms with van der Waals surface area (Å²) in [5, 5.41) is 9.91. The van der Waals surface area contributed by atoms with E-state index in [4.69, 9.17) is 4.74 Å². The number of carbonyl (C=O) groups is 1. The van der Waals surface area contributed by atoms with Gasteiger partial charge in [-0.3, -0.25) is 4.79 Å². The highest BCUT2D eigenvalue weighted by Crippen LogP contribution is 2.19. The minimum absolute atomic E-state index is 0.0676. The molecule has 0 aliphatic heterocycles. The predicted molar refractivity (Wildman–Crippen MR) is 61.3 cm³/mol. The number of methoxy groups -OCH3 is 1. The molecule has 0 saturated carbocycles. The summed E-state index contributed by atoms with van der Waals surface area (Å²) in [6, 6.07) is 7.19. The van der Waals surface area contributed by atoms with Gasteiger partial charge in [-0.1, -0.05) is 12.1 Å². The molecule has 1 atom stereocenters. The van der Waals surface area contributed by atoms with Gasteiger partial charge in [0.15, 0.2) is 0 Å². The van der Waals surface area contributed by atoms with Crippen molar-refractivity contribution in [3.8, 4) is 5.75 Å². The summed E-state index contributed by atoms with van der Waals surface area (Å²) in [4.78, 5) is 12.5. The fraction of sp³-hybridized carbons (Fsp3) is 0.417. The lowest BCUT2D eigenvalue weighted by Crippen LogP contribution is -2.28. The number of benzene rings is 1. The monoisotopic (exact) mass is 223 g/mol. The SMILES string of the molecule is COc1cccc([C@@H](O)CN(C)C(C)=O)c1. The number of hydrogen-bond donors (Lipinski definition) is 1. The zero-order chi connectivity index (χ0) is 12.1. The largest absolute Gasteiger partial charge is 0.497 e. The second-order valence-corrected chi connectivity index (χ2v) is 3.69. The van der Waals surface area contributed by atoms with Crippen molar-refractivity contribution >= 4 is 5.91 Å². The van der Waals surface area contributed by atoms with Gasteiger partial charge in [0.25, 0.3) is 0 Å². The summed E-state index contributed by atoms with van der Waals surface area (Å²) < 4.78 is 5.07. The highest BCUT2D eigenvalue weighted by molar-refractivity contribution is 5.72. The lowest BCUT2D eigenvalue weighted by Gasteiger charge is -2.19. The Labute approximate surface area is 95.5 Å². The number of hydrogen-bond acceptors (Lipinski definition) is 3. The molecule has 4 nitrogen and oxygen atoms in total. The number of rotatable bonds is 4. The van der Waals surface area contributed by atoms with E-state index < -0.39 is 6.10 Å². The van der Waals surface area contributed by atoms with Gasteiger partial charge in [0.2, 0.25) is 5.91 Å². The first-order valence-electron chi connectivity index (χ1n) is 5.08. The van der Waals surface area contributed by atoms with E-state index in [1.807, 2.05) is 12.1 Å². The molecule has 1 N–H and O–H groups in total. The Bertz CT molecular complexity index is 365. The van der Waals surface area contributed by atoms with Crippen LogP contribution in [0.3, 0.4) is 0 Å². The van der Waals surface area contributed by atoms with Crippen LogP contribution < -0.4 is 4.74 Å². The van der Waals surface area contributed by atoms with Crippen LogP contribution in [0.5, 0.6) is 5.75 Å². The van der Waals surface area contributed by atoms with Crippen molar-refractivity contribution in [3.05, 3.63) is 29.8 Å². The van der Waals surface area contributed by atoms with E-state index >= 15 is 0 Å². The van der Waals surface area contributed by atoms with Crippen LogP contribution in [0.25, 0.3) is 0 Å². The number of aliphatic hydroxyl groups is 1. The first-order chi connectivity index (χ1) is 7.54. The fourth-order valence-corrected chi connectivity index (χ4v) is 1.34. The number of amides is 1. The van der Waals surface area contributed by atoms with Gasteiger partial charge in [0.1, 0.15) is 5.75 Å². The van der Waals surface area contributed by atoms with Gasteiger partial charge < -0.3 is 14.7 Å². The third-order valence-electron chi connectivity index (χ3n) is 2.46. The molecule has 0 aromatic heterocycles. The summed E-state index contributed by atoms with van der Waals surface area (Å²) >= 11 is 0. The maximum Gasteiger partial charge on any atom is 0.219 e. The Morgan fingerprint density at radius 1 is 1.56 bits per heavy atom. The van der Waals surface area contributed by atoms with Crippen molar-refractivity contribution in [2.24, 2.45) is 0 Å². The Morgan fingerprint density at radius 3 is 2.81 bits per heavy atom. The van der Waals surface area contributed by atoms with E-state index in [0.29, 0.717) is 5.75 Å². The Hall–Kier alpha value is -1.55. The third-order valence-corrected chi connectivity index (χ3v) is 2.46. The second kappa shape index (κ2) is 5.51. The molecule has 4 heteroatoms. The van der Waals surface area contributed by atoms with Crippen LogP contribution >= 0.6 is 0 Å². The summed E-state index contributed by atoms with van der Waals surface area (Å²) in [5.74, 6) is 0.629. The summed E-state index contributed by atoms with van der Waals surface area (Å²) in [6.07, 6.45) is -0.691. The maximum atomic E-state index is 11.0. The molecule has 0 saturated heterocycles. The van der Waals surface area contributed by atoms with Gasteiger partial charge in [-0.25, -0.2) is 0 Å². The van der Waals surface area contributed by atoms with Gasteiger partial charge in [-0.05, 0) is 17.7 Å². The van der Waals surface area contributed by atoms with Crippen LogP contribution in [-0.2, 0) is 4.79 Å². The summed E-state index contributed by atoms with van der Waals surface area (Å²) in [5.41, 5.74) is 0.743. The van der Waals surface area contributed by atoms with E-state index in [0.717, 1.165) is 5.56 Å². The topological polar surface area (TPSA) is 49.8 Å². The standard InChI is InChI=1S/C12H17NO3/c1-9(14)13(2)8-12(15)10-5-4-6-11(7-10)16-3/h4-7,12,15H,8H2,1-3H3/t12-/m0/s1. The molecule has 0 radical (unpaired) electrons. The number of ether oxygens (including phenoxy) is 1. The highest BCUT2D eigenvalue weighted by Gasteiger charge is 2.12. The molecule has 0 aliphatic carbocycles. The lowest BCUT2D eigenvalue weighted by molar-refractivity contribution is -0.128. The van der Waals surface area contributed by atoms with E-state index in [1.165, 1.54) is 11.8 Å². The van der Waals surface area contributed by atoms with Crippen molar-refractivity contribution in [1.82, 2.24) is 4.90 Å². The fourth-order valence-electron chi connectivity index (χ4n) is 1.34. The molecular weight excluding hydrogens is 206 g/mol. The van der Waals surface area contributed by atoms with Crippen LogP contribution in [0.2, 0.25) is 0 Å². The third kappa shape index (κ3) is 3.24. The molecule has 0 aliphatic rings. The van der Waals surface area contributed by atoms with Gasteiger partial charge in [0.05, 0.1) is 19.8 Å². The number of aliphatic hydroxyl groups excluding tert-OH is 1. The van der Waals surface area contributed by atoms with Crippen LogP contribution in [0.4, 0.5) is 0 Å². The van der Waals surface area contributed by atoms with Gasteiger partial charge in [-0.15, -0.1) is 0 Å². The first kappa shape index (κ1) is 12.5. The highest BCUT2D eigenvalue weighted by atomic mass is 16.5. The minimum atomic E-state index is -0.691. The summed E-state index contributed by atoms with van der Waals surface area (Å²) in [6.45, 7) is 1.75. The van der Waals surface area contributed by atoms with Crippen LogP contribution in [0.15, 0.2) is 24.3 Å². The van der Waals surface area contributed by atoms with Gasteiger partial charge in [-0.2, -0.15) is 0 Å². The van der Waals surface area contributed by atoms with Crippen molar-refractivity contribution in [2.75, 3.05) is 20.7 Å². The Morgan fingerprint density at radius 2 is 2.25 bits per heavy atom. The molecule has 16 heavy (non-hydrogen) atoms. The molecule has 0 spiro atoms. The maximum absolute atomic E-state index is 11.0. The molecule has 0 heterocycles. The van der Waals surface area contributed by atoms with Crippen LogP contribution in [0.1, 0.15) is 18.6 Å². The molecule has 1 aromatic carbocycles. The zero-order valence-electron chi connectivity index (χ0n) is 9.80. The van der Waals surface area contributed by atoms with Gasteiger partial charge >= 0.3 is 0 Å². The smallest absolute Gasteiger partial charge is 0.219 e. The van der Waals surface area contributed by atoms with E-state index in [-0.39, 0.29) is 12.5 Å². The molecule has 0 fully saturated rings. The normalized spacial score (nSPS) is 12.0. The number of carbonyl (C=O) groups excluding carboxylic acids is 1. The average molecular weight is 223 g/mol. The molecule has 1 rings (SSSR count). The van der Waals surface area contributed by atoms with E-state index in [9.17, 15) is 9.90 Å². The minimum Gasteiger partial charge on any atom is -0.497 e. The number of likely N-dealkylation sites (N-methyl/N-ethyl adjacent to an activating group) is 1. The quantitative estimate of drug-likeness (QED) is 0.834. The average Bonchev–Trinajstić information content (AvgIpc) is 2.28. The van der Waals surface area contributed by atoms with Crippen molar-refractivity contribution < 1.29 is 14.6 Å². The number of nitrogens with zero attached hydrogens (tertiary/aromatic N) is 1. The van der Waals surface area contributed by atoms with Crippen LogP contribution in [0, 0.1) is 0 Å². The summed E-state index contributed by atoms with van der Waals surface area (Å²) in [7, 11) is 3.24. The Balaban J connectivity index is 2.72.